The molecule has 0 amide bonds. The maximum atomic E-state index is 11.7. The molecule has 4 heteroatoms. The van der Waals surface area contributed by atoms with Crippen molar-refractivity contribution in [2.24, 2.45) is 0 Å². The van der Waals surface area contributed by atoms with Crippen LogP contribution in [0.25, 0.3) is 0 Å². The van der Waals surface area contributed by atoms with E-state index in [-0.39, 0.29) is 18.1 Å². The van der Waals surface area contributed by atoms with Gasteiger partial charge in [-0.25, -0.2) is 8.42 Å². The van der Waals surface area contributed by atoms with Crippen LogP contribution in [0.3, 0.4) is 0 Å². The van der Waals surface area contributed by atoms with Gasteiger partial charge in [0.05, 0.1) is 11.5 Å². The molecule has 0 aliphatic heterocycles. The average molecular weight is 242 g/mol. The van der Waals surface area contributed by atoms with Crippen molar-refractivity contribution in [3.8, 4) is 0 Å². The van der Waals surface area contributed by atoms with Crippen molar-refractivity contribution in [3.63, 3.8) is 0 Å². The van der Waals surface area contributed by atoms with Gasteiger partial charge in [-0.1, -0.05) is 29.3 Å². The first-order chi connectivity index (χ1) is 7.43. The van der Waals surface area contributed by atoms with E-state index in [2.05, 4.69) is 0 Å². The summed E-state index contributed by atoms with van der Waals surface area (Å²) in [7, 11) is -3.09. The Morgan fingerprint density at radius 1 is 1.12 bits per heavy atom. The Hall–Kier alpha value is -0.870. The number of hydrogen-bond acceptors (Lipinski definition) is 3. The average Bonchev–Trinajstić information content (AvgIpc) is 2.12. The molecular weight excluding hydrogens is 224 g/mol. The minimum Gasteiger partial charge on any atom is -0.396 e. The Bertz CT molecular complexity index is 429. The quantitative estimate of drug-likeness (QED) is 0.853. The molecule has 0 saturated carbocycles. The molecule has 1 aromatic rings. The highest BCUT2D eigenvalue weighted by atomic mass is 32.2. The van der Waals surface area contributed by atoms with Crippen molar-refractivity contribution in [3.05, 3.63) is 34.9 Å². The maximum Gasteiger partial charge on any atom is 0.154 e. The standard InChI is InChI=1S/C12H18O3S/c1-10-6-11(2)8-12(7-10)9-16(14,15)5-3-4-13/h6-8,13H,3-5,9H2,1-2H3. The monoisotopic (exact) mass is 242 g/mol. The minimum absolute atomic E-state index is 0.0521. The molecule has 0 spiro atoms. The van der Waals surface area contributed by atoms with Crippen LogP contribution in [-0.2, 0) is 15.6 Å². The van der Waals surface area contributed by atoms with Crippen LogP contribution in [-0.4, -0.2) is 25.9 Å². The minimum atomic E-state index is -3.09. The summed E-state index contributed by atoms with van der Waals surface area (Å²) >= 11 is 0. The largest absolute Gasteiger partial charge is 0.396 e. The van der Waals surface area contributed by atoms with Crippen molar-refractivity contribution >= 4 is 9.84 Å². The third-order valence-corrected chi connectivity index (χ3v) is 3.97. The van der Waals surface area contributed by atoms with E-state index in [4.69, 9.17) is 5.11 Å². The third-order valence-electron chi connectivity index (χ3n) is 2.28. The molecule has 0 radical (unpaired) electrons. The van der Waals surface area contributed by atoms with Crippen LogP contribution in [0.5, 0.6) is 0 Å². The van der Waals surface area contributed by atoms with E-state index in [1.807, 2.05) is 32.0 Å². The van der Waals surface area contributed by atoms with Crippen LogP contribution in [0.2, 0.25) is 0 Å². The van der Waals surface area contributed by atoms with E-state index >= 15 is 0 Å². The van der Waals surface area contributed by atoms with E-state index < -0.39 is 9.84 Å². The number of aliphatic hydroxyl groups excluding tert-OH is 1. The van der Waals surface area contributed by atoms with E-state index in [0.717, 1.165) is 16.7 Å². The zero-order chi connectivity index (χ0) is 12.2. The van der Waals surface area contributed by atoms with Crippen molar-refractivity contribution in [2.75, 3.05) is 12.4 Å². The predicted octanol–water partition coefficient (Wildman–Crippen LogP) is 1.60. The Morgan fingerprint density at radius 3 is 2.19 bits per heavy atom. The van der Waals surface area contributed by atoms with Gasteiger partial charge in [-0.3, -0.25) is 0 Å². The second-order valence-corrected chi connectivity index (χ2v) is 6.35. The lowest BCUT2D eigenvalue weighted by atomic mass is 10.1. The van der Waals surface area contributed by atoms with Crippen LogP contribution in [0.1, 0.15) is 23.1 Å². The predicted molar refractivity (Wildman–Crippen MR) is 65.1 cm³/mol. The van der Waals surface area contributed by atoms with E-state index in [1.54, 1.807) is 0 Å². The van der Waals surface area contributed by atoms with Gasteiger partial charge in [-0.2, -0.15) is 0 Å². The molecule has 0 atom stereocenters. The lowest BCUT2D eigenvalue weighted by Crippen LogP contribution is -2.10. The van der Waals surface area contributed by atoms with Crippen molar-refractivity contribution in [1.82, 2.24) is 0 Å². The molecule has 0 fully saturated rings. The van der Waals surface area contributed by atoms with E-state index in [9.17, 15) is 8.42 Å². The summed E-state index contributed by atoms with van der Waals surface area (Å²) < 4.78 is 23.3. The number of rotatable bonds is 5. The SMILES string of the molecule is Cc1cc(C)cc(CS(=O)(=O)CCCO)c1. The highest BCUT2D eigenvalue weighted by Gasteiger charge is 2.11. The topological polar surface area (TPSA) is 54.4 Å². The summed E-state index contributed by atoms with van der Waals surface area (Å²) in [6, 6.07) is 5.80. The van der Waals surface area contributed by atoms with Gasteiger partial charge < -0.3 is 5.11 Å². The molecule has 1 N–H and O–H groups in total. The number of aryl methyl sites for hydroxylation is 2. The highest BCUT2D eigenvalue weighted by Crippen LogP contribution is 2.12. The van der Waals surface area contributed by atoms with Crippen LogP contribution < -0.4 is 0 Å². The van der Waals surface area contributed by atoms with Gasteiger partial charge in [-0.15, -0.1) is 0 Å². The lowest BCUT2D eigenvalue weighted by molar-refractivity contribution is 0.295. The molecular formula is C12H18O3S. The van der Waals surface area contributed by atoms with Crippen LogP contribution in [0.15, 0.2) is 18.2 Å². The molecule has 90 valence electrons. The molecule has 0 unspecified atom stereocenters. The second-order valence-electron chi connectivity index (χ2n) is 4.17. The number of aliphatic hydroxyl groups is 1. The molecule has 1 aromatic carbocycles. The number of hydrogen-bond donors (Lipinski definition) is 1. The molecule has 16 heavy (non-hydrogen) atoms. The van der Waals surface area contributed by atoms with Crippen molar-refractivity contribution in [1.29, 1.82) is 0 Å². The molecule has 0 heterocycles. The number of sulfone groups is 1. The van der Waals surface area contributed by atoms with Crippen molar-refractivity contribution in [2.45, 2.75) is 26.0 Å². The zero-order valence-corrected chi connectivity index (χ0v) is 10.5. The molecule has 0 aliphatic rings. The van der Waals surface area contributed by atoms with Crippen LogP contribution in [0, 0.1) is 13.8 Å². The van der Waals surface area contributed by atoms with Gasteiger partial charge in [0, 0.05) is 6.61 Å². The molecule has 0 aliphatic carbocycles. The van der Waals surface area contributed by atoms with Crippen LogP contribution >= 0.6 is 0 Å². The lowest BCUT2D eigenvalue weighted by Gasteiger charge is -2.06. The van der Waals surface area contributed by atoms with Gasteiger partial charge in [0.1, 0.15) is 0 Å². The van der Waals surface area contributed by atoms with E-state index in [0.29, 0.717) is 6.42 Å². The van der Waals surface area contributed by atoms with Gasteiger partial charge in [0.15, 0.2) is 9.84 Å². The van der Waals surface area contributed by atoms with Gasteiger partial charge in [-0.05, 0) is 25.8 Å². The molecule has 0 bridgehead atoms. The Labute approximate surface area is 97.0 Å². The smallest absolute Gasteiger partial charge is 0.154 e. The molecule has 3 nitrogen and oxygen atoms in total. The fraction of sp³-hybridized carbons (Fsp3) is 0.500. The fourth-order valence-electron chi connectivity index (χ4n) is 1.76. The third kappa shape index (κ3) is 4.33. The van der Waals surface area contributed by atoms with Crippen LogP contribution in [0.4, 0.5) is 0 Å². The van der Waals surface area contributed by atoms with E-state index in [1.165, 1.54) is 0 Å². The normalized spacial score (nSPS) is 11.7. The Balaban J connectivity index is 2.80. The van der Waals surface area contributed by atoms with Gasteiger partial charge >= 0.3 is 0 Å². The molecule has 0 saturated heterocycles. The summed E-state index contributed by atoms with van der Waals surface area (Å²) in [4.78, 5) is 0. The first kappa shape index (κ1) is 13.2. The second kappa shape index (κ2) is 5.46. The first-order valence-electron chi connectivity index (χ1n) is 5.31. The summed E-state index contributed by atoms with van der Waals surface area (Å²) in [5, 5.41) is 8.62. The maximum absolute atomic E-state index is 11.7. The van der Waals surface area contributed by atoms with Gasteiger partial charge in [0.25, 0.3) is 0 Å². The molecule has 0 aromatic heterocycles. The summed E-state index contributed by atoms with van der Waals surface area (Å²) in [5.74, 6) is 0.117. The van der Waals surface area contributed by atoms with Gasteiger partial charge in [0.2, 0.25) is 0 Å². The van der Waals surface area contributed by atoms with Crippen molar-refractivity contribution < 1.29 is 13.5 Å². The fourth-order valence-corrected chi connectivity index (χ4v) is 3.15. The number of benzene rings is 1. The Morgan fingerprint density at radius 2 is 1.69 bits per heavy atom. The zero-order valence-electron chi connectivity index (χ0n) is 9.73. The Kier molecular flexibility index (Phi) is 4.50. The highest BCUT2D eigenvalue weighted by molar-refractivity contribution is 7.90. The molecule has 1 rings (SSSR count). The summed E-state index contributed by atoms with van der Waals surface area (Å²) in [6.07, 6.45) is 0.313. The summed E-state index contributed by atoms with van der Waals surface area (Å²) in [5.41, 5.74) is 2.98. The summed E-state index contributed by atoms with van der Waals surface area (Å²) in [6.45, 7) is 3.83. The first-order valence-corrected chi connectivity index (χ1v) is 7.13.